The topological polar surface area (TPSA) is 115 Å². The van der Waals surface area contributed by atoms with Crippen molar-refractivity contribution in [2.45, 2.75) is 19.9 Å². The van der Waals surface area contributed by atoms with Gasteiger partial charge in [-0.1, -0.05) is 35.1 Å². The molecule has 3 heterocycles. The number of aliphatic hydroxyl groups excluding tert-OH is 1. The summed E-state index contributed by atoms with van der Waals surface area (Å²) < 4.78 is 16.2. The van der Waals surface area contributed by atoms with Crippen LogP contribution in [0.15, 0.2) is 48.0 Å². The number of aromatic nitrogens is 1. The van der Waals surface area contributed by atoms with Gasteiger partial charge >= 0.3 is 11.9 Å². The summed E-state index contributed by atoms with van der Waals surface area (Å²) in [6, 6.07) is 10.4. The first-order valence-corrected chi connectivity index (χ1v) is 12.6. The third-order valence-electron chi connectivity index (χ3n) is 5.88. The van der Waals surface area contributed by atoms with Crippen LogP contribution in [0.5, 0.6) is 11.5 Å². The Labute approximate surface area is 220 Å². The molecule has 0 spiro atoms. The van der Waals surface area contributed by atoms with Gasteiger partial charge in [-0.15, -0.1) is 0 Å². The summed E-state index contributed by atoms with van der Waals surface area (Å²) in [4.78, 5) is 44.9. The second kappa shape index (κ2) is 9.87. The Kier molecular flexibility index (Phi) is 6.61. The highest BCUT2D eigenvalue weighted by molar-refractivity contribution is 7.17. The molecule has 2 aliphatic rings. The largest absolute Gasteiger partial charge is 0.507 e. The van der Waals surface area contributed by atoms with E-state index in [9.17, 15) is 19.5 Å². The molecular weight excluding hydrogens is 520 g/mol. The summed E-state index contributed by atoms with van der Waals surface area (Å²) in [6.07, 6.45) is 0. The number of hydrogen-bond donors (Lipinski definition) is 1. The molecule has 0 saturated carbocycles. The molecule has 3 aromatic rings. The van der Waals surface area contributed by atoms with Gasteiger partial charge < -0.3 is 19.3 Å². The van der Waals surface area contributed by atoms with Crippen LogP contribution < -0.4 is 14.4 Å². The molecule has 0 radical (unpaired) electrons. The van der Waals surface area contributed by atoms with Crippen LogP contribution in [0.3, 0.4) is 0 Å². The van der Waals surface area contributed by atoms with Crippen LogP contribution in [-0.2, 0) is 14.3 Å². The predicted molar refractivity (Wildman–Crippen MR) is 136 cm³/mol. The number of fused-ring (bicyclic) bond motifs is 1. The number of ketones is 1. The standard InChI is InChI=1S/C26H21ClN2O7S/c1-3-34-25(33)23-13(2)28-26(37-23)29-20(14-5-4-6-16(27)11-14)19(22(31)24(29)32)21(30)15-7-8-17-18(12-15)36-10-9-35-17/h4-8,11-12,20,30H,3,9-10H2,1-2H3/t20-/m0/s1. The molecule has 2 aromatic carbocycles. The highest BCUT2D eigenvalue weighted by Gasteiger charge is 2.48. The number of aliphatic hydroxyl groups is 1. The minimum Gasteiger partial charge on any atom is -0.507 e. The highest BCUT2D eigenvalue weighted by atomic mass is 35.5. The third-order valence-corrected chi connectivity index (χ3v) is 7.25. The van der Waals surface area contributed by atoms with Crippen LogP contribution in [0.4, 0.5) is 5.13 Å². The van der Waals surface area contributed by atoms with Gasteiger partial charge in [0.15, 0.2) is 16.6 Å². The molecule has 1 aromatic heterocycles. The molecule has 1 atom stereocenters. The van der Waals surface area contributed by atoms with E-state index in [1.807, 2.05) is 0 Å². The first kappa shape index (κ1) is 24.8. The lowest BCUT2D eigenvalue weighted by Crippen LogP contribution is -2.29. The lowest BCUT2D eigenvalue weighted by Gasteiger charge is -2.23. The zero-order valence-corrected chi connectivity index (χ0v) is 21.4. The van der Waals surface area contributed by atoms with Crippen LogP contribution in [0, 0.1) is 6.92 Å². The van der Waals surface area contributed by atoms with Gasteiger partial charge in [-0.25, -0.2) is 9.78 Å². The van der Waals surface area contributed by atoms with E-state index in [1.165, 1.54) is 4.90 Å². The van der Waals surface area contributed by atoms with Crippen molar-refractivity contribution in [3.05, 3.63) is 74.8 Å². The number of hydrogen-bond acceptors (Lipinski definition) is 9. The van der Waals surface area contributed by atoms with Gasteiger partial charge in [0.25, 0.3) is 5.78 Å². The fourth-order valence-corrected chi connectivity index (χ4v) is 5.43. The molecule has 37 heavy (non-hydrogen) atoms. The molecule has 0 bridgehead atoms. The number of esters is 1. The lowest BCUT2D eigenvalue weighted by molar-refractivity contribution is -0.132. The van der Waals surface area contributed by atoms with Crippen LogP contribution >= 0.6 is 22.9 Å². The minimum atomic E-state index is -1.05. The summed E-state index contributed by atoms with van der Waals surface area (Å²) in [7, 11) is 0. The molecule has 9 nitrogen and oxygen atoms in total. The van der Waals surface area contributed by atoms with Gasteiger partial charge in [0, 0.05) is 10.6 Å². The van der Waals surface area contributed by atoms with Crippen LogP contribution in [0.2, 0.25) is 5.02 Å². The van der Waals surface area contributed by atoms with Gasteiger partial charge in [-0.2, -0.15) is 0 Å². The van der Waals surface area contributed by atoms with Crippen molar-refractivity contribution in [2.24, 2.45) is 0 Å². The average molecular weight is 541 g/mol. The van der Waals surface area contributed by atoms with Crippen molar-refractivity contribution in [3.63, 3.8) is 0 Å². The number of aryl methyl sites for hydroxylation is 1. The second-order valence-corrected chi connectivity index (χ2v) is 9.63. The Bertz CT molecular complexity index is 1460. The lowest BCUT2D eigenvalue weighted by atomic mass is 9.95. The molecule has 11 heteroatoms. The molecule has 1 saturated heterocycles. The summed E-state index contributed by atoms with van der Waals surface area (Å²) in [5, 5.41) is 11.9. The van der Waals surface area contributed by atoms with Gasteiger partial charge in [-0.05, 0) is 49.7 Å². The number of thiazole rings is 1. The van der Waals surface area contributed by atoms with E-state index >= 15 is 0 Å². The Morgan fingerprint density at radius 3 is 2.68 bits per heavy atom. The maximum Gasteiger partial charge on any atom is 0.350 e. The van der Waals surface area contributed by atoms with Crippen molar-refractivity contribution in [1.82, 2.24) is 4.98 Å². The number of halogens is 1. The molecular formula is C26H21ClN2O7S. The summed E-state index contributed by atoms with van der Waals surface area (Å²) in [5.41, 5.74) is 0.972. The van der Waals surface area contributed by atoms with Crippen LogP contribution in [0.25, 0.3) is 5.76 Å². The first-order chi connectivity index (χ1) is 17.8. The average Bonchev–Trinajstić information content (AvgIpc) is 3.40. The monoisotopic (exact) mass is 540 g/mol. The molecule has 1 amide bonds. The van der Waals surface area contributed by atoms with Gasteiger partial charge in [0.05, 0.1) is 23.9 Å². The Balaban J connectivity index is 1.67. The van der Waals surface area contributed by atoms with Crippen molar-refractivity contribution in [3.8, 4) is 11.5 Å². The molecule has 5 rings (SSSR count). The van der Waals surface area contributed by atoms with Crippen molar-refractivity contribution < 1.29 is 33.7 Å². The molecule has 1 N–H and O–H groups in total. The number of carbonyl (C=O) groups is 3. The zero-order valence-electron chi connectivity index (χ0n) is 19.8. The van der Waals surface area contributed by atoms with Gasteiger partial charge in [0.2, 0.25) is 0 Å². The van der Waals surface area contributed by atoms with Crippen LogP contribution in [0.1, 0.15) is 39.5 Å². The number of ether oxygens (including phenoxy) is 3. The van der Waals surface area contributed by atoms with E-state index in [1.54, 1.807) is 56.3 Å². The van der Waals surface area contributed by atoms with Crippen molar-refractivity contribution >= 4 is 51.5 Å². The molecule has 0 unspecified atom stereocenters. The van der Waals surface area contributed by atoms with Crippen LogP contribution in [-0.4, -0.2) is 47.6 Å². The van der Waals surface area contributed by atoms with Crippen molar-refractivity contribution in [2.75, 3.05) is 24.7 Å². The summed E-state index contributed by atoms with van der Waals surface area (Å²) in [6.45, 7) is 4.22. The Morgan fingerprint density at radius 1 is 1.19 bits per heavy atom. The third kappa shape index (κ3) is 4.42. The van der Waals surface area contributed by atoms with Crippen molar-refractivity contribution in [1.29, 1.82) is 0 Å². The second-order valence-electron chi connectivity index (χ2n) is 8.21. The zero-order chi connectivity index (χ0) is 26.3. The Morgan fingerprint density at radius 2 is 1.95 bits per heavy atom. The summed E-state index contributed by atoms with van der Waals surface area (Å²) >= 11 is 7.18. The van der Waals surface area contributed by atoms with E-state index < -0.39 is 23.7 Å². The van der Waals surface area contributed by atoms with E-state index in [4.69, 9.17) is 25.8 Å². The summed E-state index contributed by atoms with van der Waals surface area (Å²) in [5.74, 6) is -1.83. The number of anilines is 1. The molecule has 1 fully saturated rings. The van der Waals surface area contributed by atoms with E-state index in [0.717, 1.165) is 11.3 Å². The number of benzene rings is 2. The SMILES string of the molecule is CCOC(=O)c1sc(N2C(=O)C(=O)C(=C(O)c3ccc4c(c3)OCCO4)[C@@H]2c2cccc(Cl)c2)nc1C. The number of amides is 1. The quantitative estimate of drug-likeness (QED) is 0.215. The van der Waals surface area contributed by atoms with E-state index in [-0.39, 0.29) is 33.5 Å². The van der Waals surface area contributed by atoms with E-state index in [2.05, 4.69) is 4.98 Å². The number of carbonyl (C=O) groups excluding carboxylic acids is 3. The fourth-order valence-electron chi connectivity index (χ4n) is 4.24. The van der Waals surface area contributed by atoms with Gasteiger partial charge in [-0.3, -0.25) is 14.5 Å². The number of Topliss-reactive ketones (excluding diaryl/α,β-unsaturated/α-hetero) is 1. The first-order valence-electron chi connectivity index (χ1n) is 11.4. The smallest absolute Gasteiger partial charge is 0.350 e. The number of nitrogens with zero attached hydrogens (tertiary/aromatic N) is 2. The fraction of sp³-hybridized carbons (Fsp3) is 0.231. The molecule has 190 valence electrons. The van der Waals surface area contributed by atoms with Gasteiger partial charge in [0.1, 0.15) is 23.9 Å². The predicted octanol–water partition coefficient (Wildman–Crippen LogP) is 4.68. The normalized spacial score (nSPS) is 18.2. The molecule has 0 aliphatic carbocycles. The highest BCUT2D eigenvalue weighted by Crippen LogP contribution is 2.45. The maximum absolute atomic E-state index is 13.4. The number of rotatable bonds is 5. The Hall–Kier alpha value is -3.89. The minimum absolute atomic E-state index is 0.119. The maximum atomic E-state index is 13.4. The molecule has 2 aliphatic heterocycles. The van der Waals surface area contributed by atoms with E-state index in [0.29, 0.717) is 41.0 Å².